The molecule has 0 fully saturated rings. The number of hydrogen-bond acceptors (Lipinski definition) is 3. The van der Waals surface area contributed by atoms with E-state index < -0.39 is 16.0 Å². The fourth-order valence-corrected chi connectivity index (χ4v) is 6.21. The highest BCUT2D eigenvalue weighted by Crippen LogP contribution is 2.30. The molecule has 0 aliphatic rings. The van der Waals surface area contributed by atoms with Crippen LogP contribution in [0, 0.1) is 0 Å². The summed E-state index contributed by atoms with van der Waals surface area (Å²) in [5.41, 5.74) is 4.94. The molecular weight excluding hydrogens is 520 g/mol. The molecule has 0 saturated heterocycles. The molecule has 5 rings (SSSR count). The first-order valence-corrected chi connectivity index (χ1v) is 14.5. The molecule has 0 aliphatic carbocycles. The van der Waals surface area contributed by atoms with Crippen LogP contribution in [0.25, 0.3) is 10.9 Å². The van der Waals surface area contributed by atoms with E-state index in [-0.39, 0.29) is 22.4 Å². The molecule has 1 heterocycles. The summed E-state index contributed by atoms with van der Waals surface area (Å²) in [6.07, 6.45) is 2.02. The van der Waals surface area contributed by atoms with Crippen LogP contribution in [0.15, 0.2) is 114 Å². The lowest BCUT2D eigenvalue weighted by Gasteiger charge is -2.25. The van der Waals surface area contributed by atoms with E-state index >= 15 is 0 Å². The van der Waals surface area contributed by atoms with Gasteiger partial charge in [0.25, 0.3) is 10.0 Å². The molecule has 7 heteroatoms. The first kappa shape index (κ1) is 27.2. The summed E-state index contributed by atoms with van der Waals surface area (Å²) in [6.45, 7) is 7.36. The molecule has 1 aromatic heterocycles. The summed E-state index contributed by atoms with van der Waals surface area (Å²) >= 11 is 0. The Morgan fingerprint density at radius 3 is 2.10 bits per heavy atom. The minimum absolute atomic E-state index is 0.0590. The van der Waals surface area contributed by atoms with Gasteiger partial charge in [-0.15, -0.1) is 0 Å². The van der Waals surface area contributed by atoms with Gasteiger partial charge in [-0.25, -0.2) is 13.2 Å². The average Bonchev–Trinajstić information content (AvgIpc) is 3.34. The third-order valence-electron chi connectivity index (χ3n) is 7.07. The van der Waals surface area contributed by atoms with E-state index in [9.17, 15) is 18.3 Å². The maximum absolute atomic E-state index is 13.8. The first-order valence-electron chi connectivity index (χ1n) is 13.1. The Hall–Kier alpha value is -4.36. The molecule has 0 radical (unpaired) electrons. The van der Waals surface area contributed by atoms with Gasteiger partial charge in [0.2, 0.25) is 0 Å². The van der Waals surface area contributed by atoms with Gasteiger partial charge in [0.05, 0.1) is 22.7 Å². The minimum Gasteiger partial charge on any atom is -0.478 e. The van der Waals surface area contributed by atoms with E-state index in [0.717, 1.165) is 10.9 Å². The van der Waals surface area contributed by atoms with Gasteiger partial charge in [-0.1, -0.05) is 75.4 Å². The van der Waals surface area contributed by atoms with Crippen LogP contribution >= 0.6 is 0 Å². The van der Waals surface area contributed by atoms with Gasteiger partial charge in [0.1, 0.15) is 0 Å². The molecule has 204 valence electrons. The van der Waals surface area contributed by atoms with E-state index in [1.54, 1.807) is 42.5 Å². The fraction of sp³-hybridized carbons (Fsp3) is 0.182. The predicted octanol–water partition coefficient (Wildman–Crippen LogP) is 7.08. The van der Waals surface area contributed by atoms with E-state index in [4.69, 9.17) is 0 Å². The number of hydrogen-bond donors (Lipinski definition) is 1. The zero-order chi connectivity index (χ0) is 28.5. The van der Waals surface area contributed by atoms with Crippen molar-refractivity contribution < 1.29 is 18.3 Å². The monoisotopic (exact) mass is 552 g/mol. The summed E-state index contributed by atoms with van der Waals surface area (Å²) in [5, 5.41) is 10.2. The topological polar surface area (TPSA) is 79.6 Å². The second kappa shape index (κ2) is 10.7. The normalized spacial score (nSPS) is 12.0. The second-order valence-corrected chi connectivity index (χ2v) is 12.8. The molecule has 0 atom stereocenters. The van der Waals surface area contributed by atoms with Crippen molar-refractivity contribution in [3.05, 3.63) is 132 Å². The van der Waals surface area contributed by atoms with Crippen LogP contribution in [0.1, 0.15) is 47.8 Å². The highest BCUT2D eigenvalue weighted by atomic mass is 32.2. The molecule has 1 N–H and O–H groups in total. The standard InChI is InChI=1S/C33H32N2O4S/c1-33(2,3)28-15-11-24(12-16-28)22-34-20-19-27-21-29(17-18-31(27)34)35(40(38,39)30-7-5-4-6-8-30)23-25-9-13-26(14-10-25)32(36)37/h4-21H,22-23H2,1-3H3,(H,36,37). The number of nitrogens with zero attached hydrogens (tertiary/aromatic N) is 2. The Balaban J connectivity index is 1.49. The van der Waals surface area contributed by atoms with Crippen LogP contribution in [-0.4, -0.2) is 24.1 Å². The third-order valence-corrected chi connectivity index (χ3v) is 8.86. The molecule has 5 aromatic rings. The highest BCUT2D eigenvalue weighted by molar-refractivity contribution is 7.92. The van der Waals surface area contributed by atoms with Gasteiger partial charge in [-0.3, -0.25) is 4.31 Å². The zero-order valence-electron chi connectivity index (χ0n) is 22.8. The molecule has 0 aliphatic heterocycles. The fourth-order valence-electron chi connectivity index (χ4n) is 4.74. The predicted molar refractivity (Wildman–Crippen MR) is 159 cm³/mol. The smallest absolute Gasteiger partial charge is 0.335 e. The van der Waals surface area contributed by atoms with Crippen molar-refractivity contribution in [2.24, 2.45) is 0 Å². The molecule has 4 aromatic carbocycles. The van der Waals surface area contributed by atoms with Crippen molar-refractivity contribution in [1.29, 1.82) is 0 Å². The number of carboxylic acid groups (broad SMARTS) is 1. The Bertz CT molecular complexity index is 1750. The van der Waals surface area contributed by atoms with Crippen LogP contribution in [-0.2, 0) is 28.5 Å². The number of rotatable bonds is 8. The van der Waals surface area contributed by atoms with Gasteiger partial charge in [-0.05, 0) is 70.6 Å². The number of aromatic nitrogens is 1. The Morgan fingerprint density at radius 2 is 1.48 bits per heavy atom. The molecular formula is C33H32N2O4S. The second-order valence-electron chi connectivity index (χ2n) is 11.0. The SMILES string of the molecule is CC(C)(C)c1ccc(Cn2ccc3cc(N(Cc4ccc(C(=O)O)cc4)S(=O)(=O)c4ccccc4)ccc32)cc1. The number of sulfonamides is 1. The number of anilines is 1. The van der Waals surface area contributed by atoms with Crippen LogP contribution in [0.2, 0.25) is 0 Å². The molecule has 0 bridgehead atoms. The molecule has 6 nitrogen and oxygen atoms in total. The number of fused-ring (bicyclic) bond motifs is 1. The van der Waals surface area contributed by atoms with Crippen LogP contribution in [0.4, 0.5) is 5.69 Å². The summed E-state index contributed by atoms with van der Waals surface area (Å²) < 4.78 is 31.2. The summed E-state index contributed by atoms with van der Waals surface area (Å²) in [4.78, 5) is 11.5. The Morgan fingerprint density at radius 1 is 0.825 bits per heavy atom. The Labute approximate surface area is 235 Å². The van der Waals surface area contributed by atoms with Crippen molar-refractivity contribution in [1.82, 2.24) is 4.57 Å². The third kappa shape index (κ3) is 5.65. The maximum Gasteiger partial charge on any atom is 0.335 e. The summed E-state index contributed by atoms with van der Waals surface area (Å²) in [6, 6.07) is 30.9. The molecule has 0 amide bonds. The molecule has 0 saturated carbocycles. The van der Waals surface area contributed by atoms with Gasteiger partial charge < -0.3 is 9.67 Å². The lowest BCUT2D eigenvalue weighted by molar-refractivity contribution is 0.0697. The van der Waals surface area contributed by atoms with Crippen LogP contribution in [0.3, 0.4) is 0 Å². The zero-order valence-corrected chi connectivity index (χ0v) is 23.6. The van der Waals surface area contributed by atoms with Crippen molar-refractivity contribution >= 4 is 32.6 Å². The first-order chi connectivity index (χ1) is 19.0. The lowest BCUT2D eigenvalue weighted by atomic mass is 9.87. The van der Waals surface area contributed by atoms with E-state index in [1.165, 1.54) is 27.6 Å². The van der Waals surface area contributed by atoms with E-state index in [0.29, 0.717) is 17.8 Å². The maximum atomic E-state index is 13.8. The quantitative estimate of drug-likeness (QED) is 0.223. The molecule has 0 spiro atoms. The summed E-state index contributed by atoms with van der Waals surface area (Å²) in [7, 11) is -3.90. The highest BCUT2D eigenvalue weighted by Gasteiger charge is 2.26. The van der Waals surface area contributed by atoms with Gasteiger partial charge in [0.15, 0.2) is 0 Å². The van der Waals surface area contributed by atoms with Crippen LogP contribution in [0.5, 0.6) is 0 Å². The van der Waals surface area contributed by atoms with Gasteiger partial charge >= 0.3 is 5.97 Å². The summed E-state index contributed by atoms with van der Waals surface area (Å²) in [5.74, 6) is -1.03. The number of carbonyl (C=O) groups is 1. The van der Waals surface area contributed by atoms with E-state index in [2.05, 4.69) is 49.6 Å². The minimum atomic E-state index is -3.90. The van der Waals surface area contributed by atoms with Crippen LogP contribution < -0.4 is 4.31 Å². The van der Waals surface area contributed by atoms with Crippen molar-refractivity contribution in [3.63, 3.8) is 0 Å². The number of carboxylic acids is 1. The van der Waals surface area contributed by atoms with E-state index in [1.807, 2.05) is 30.5 Å². The average molecular weight is 553 g/mol. The molecule has 0 unspecified atom stereocenters. The van der Waals surface area contributed by atoms with Crippen molar-refractivity contribution in [2.75, 3.05) is 4.31 Å². The Kier molecular flexibility index (Phi) is 7.25. The largest absolute Gasteiger partial charge is 0.478 e. The number of benzene rings is 4. The van der Waals surface area contributed by atoms with Crippen molar-refractivity contribution in [3.8, 4) is 0 Å². The lowest BCUT2D eigenvalue weighted by Crippen LogP contribution is -2.30. The van der Waals surface area contributed by atoms with Gasteiger partial charge in [0, 0.05) is 23.6 Å². The number of aromatic carboxylic acids is 1. The molecule has 40 heavy (non-hydrogen) atoms. The van der Waals surface area contributed by atoms with Crippen molar-refractivity contribution in [2.45, 2.75) is 44.2 Å². The van der Waals surface area contributed by atoms with Gasteiger partial charge in [-0.2, -0.15) is 0 Å².